The van der Waals surface area contributed by atoms with E-state index < -0.39 is 0 Å². The molecule has 0 aromatic heterocycles. The zero-order valence-electron chi connectivity index (χ0n) is 17.1. The summed E-state index contributed by atoms with van der Waals surface area (Å²) in [6, 6.07) is 12.3. The van der Waals surface area contributed by atoms with Gasteiger partial charge in [0.05, 0.1) is 14.2 Å². The molecular weight excluding hydrogens is 373 g/mol. The summed E-state index contributed by atoms with van der Waals surface area (Å²) < 4.78 is 23.6. The normalized spacial score (nSPS) is 18.9. The number of ether oxygens (including phenoxy) is 2. The summed E-state index contributed by atoms with van der Waals surface area (Å²) in [5.41, 5.74) is 2.12. The fraction of sp³-hybridized carbons (Fsp3) is 0.409. The van der Waals surface area contributed by atoms with Gasteiger partial charge in [-0.3, -0.25) is 4.79 Å². The molecule has 0 saturated carbocycles. The van der Waals surface area contributed by atoms with Gasteiger partial charge in [0, 0.05) is 12.1 Å². The average molecular weight is 403 g/mol. The van der Waals surface area contributed by atoms with Gasteiger partial charge in [-0.25, -0.2) is 4.39 Å². The summed E-state index contributed by atoms with van der Waals surface area (Å²) in [5, 5.41) is 2.93. The molecule has 156 valence electrons. The maximum atomic E-state index is 12.9. The van der Waals surface area contributed by atoms with E-state index in [9.17, 15) is 9.18 Å². The first-order valence-electron chi connectivity index (χ1n) is 9.96. The maximum absolute atomic E-state index is 12.9. The second-order valence-electron chi connectivity index (χ2n) is 7.45. The van der Waals surface area contributed by atoms with Crippen molar-refractivity contribution in [2.45, 2.75) is 13.1 Å². The van der Waals surface area contributed by atoms with E-state index in [0.29, 0.717) is 13.1 Å². The van der Waals surface area contributed by atoms with E-state index in [0.717, 1.165) is 49.8 Å². The third-order valence-corrected chi connectivity index (χ3v) is 5.38. The minimum atomic E-state index is -0.266. The predicted molar refractivity (Wildman–Crippen MR) is 108 cm³/mol. The topological polar surface area (TPSA) is 56.4 Å². The van der Waals surface area contributed by atoms with Crippen molar-refractivity contribution in [3.05, 3.63) is 59.4 Å². The Kier molecular flexibility index (Phi) is 7.43. The van der Waals surface area contributed by atoms with Crippen LogP contribution in [0.4, 0.5) is 4.39 Å². The maximum Gasteiger partial charge on any atom is 0.275 e. The molecule has 1 saturated heterocycles. The van der Waals surface area contributed by atoms with Crippen molar-refractivity contribution in [3.63, 3.8) is 0 Å². The minimum absolute atomic E-state index is 0.0349. The summed E-state index contributed by atoms with van der Waals surface area (Å²) in [6.45, 7) is 5.82. The van der Waals surface area contributed by atoms with Crippen LogP contribution in [0.25, 0.3) is 0 Å². The van der Waals surface area contributed by atoms with E-state index in [-0.39, 0.29) is 11.7 Å². The number of halogens is 1. The highest BCUT2D eigenvalue weighted by Gasteiger charge is 2.25. The highest BCUT2D eigenvalue weighted by atomic mass is 19.1. The monoisotopic (exact) mass is 403 g/mol. The highest BCUT2D eigenvalue weighted by molar-refractivity contribution is 5.76. The molecule has 29 heavy (non-hydrogen) atoms. The molecule has 2 aromatic rings. The molecule has 1 fully saturated rings. The molecule has 1 aliphatic heterocycles. The lowest BCUT2D eigenvalue weighted by Gasteiger charge is -2.29. The number of carbonyl (C=O) groups is 1. The SMILES string of the molecule is COc1ccc(C[NH+]2CC[NH+](CC(=O)NCc3ccc(F)cc3)CC2)cc1OC. The van der Waals surface area contributed by atoms with Crippen LogP contribution >= 0.6 is 0 Å². The lowest BCUT2D eigenvalue weighted by molar-refractivity contribution is -1.02. The first-order valence-corrected chi connectivity index (χ1v) is 9.96. The van der Waals surface area contributed by atoms with E-state index in [1.165, 1.54) is 27.5 Å². The number of amides is 1. The lowest BCUT2D eigenvalue weighted by atomic mass is 10.1. The van der Waals surface area contributed by atoms with Gasteiger partial charge < -0.3 is 24.6 Å². The van der Waals surface area contributed by atoms with Crippen molar-refractivity contribution in [2.24, 2.45) is 0 Å². The summed E-state index contributed by atoms with van der Waals surface area (Å²) in [4.78, 5) is 15.0. The molecule has 0 atom stereocenters. The molecule has 0 unspecified atom stereocenters. The lowest BCUT2D eigenvalue weighted by Crippen LogP contribution is -3.28. The number of nitrogens with one attached hydrogen (secondary N) is 3. The Morgan fingerprint density at radius 1 is 0.931 bits per heavy atom. The molecule has 0 bridgehead atoms. The van der Waals surface area contributed by atoms with Crippen molar-refractivity contribution in [3.8, 4) is 11.5 Å². The fourth-order valence-corrected chi connectivity index (χ4v) is 3.68. The van der Waals surface area contributed by atoms with E-state index in [4.69, 9.17) is 9.47 Å². The van der Waals surface area contributed by atoms with Gasteiger partial charge in [0.2, 0.25) is 0 Å². The van der Waals surface area contributed by atoms with Gasteiger partial charge in [-0.15, -0.1) is 0 Å². The van der Waals surface area contributed by atoms with Gasteiger partial charge >= 0.3 is 0 Å². The van der Waals surface area contributed by atoms with Crippen LogP contribution in [0, 0.1) is 5.82 Å². The van der Waals surface area contributed by atoms with Gasteiger partial charge in [0.1, 0.15) is 38.5 Å². The first-order chi connectivity index (χ1) is 14.1. The summed E-state index contributed by atoms with van der Waals surface area (Å²) in [5.74, 6) is 1.27. The van der Waals surface area contributed by atoms with Crippen molar-refractivity contribution in [2.75, 3.05) is 46.9 Å². The van der Waals surface area contributed by atoms with Crippen LogP contribution in [0.15, 0.2) is 42.5 Å². The Bertz CT molecular complexity index is 805. The van der Waals surface area contributed by atoms with Crippen LogP contribution in [0.3, 0.4) is 0 Å². The van der Waals surface area contributed by atoms with Gasteiger partial charge in [-0.05, 0) is 35.9 Å². The molecule has 0 spiro atoms. The smallest absolute Gasteiger partial charge is 0.275 e. The molecule has 0 aliphatic carbocycles. The number of piperazine rings is 1. The largest absolute Gasteiger partial charge is 0.493 e. The van der Waals surface area contributed by atoms with Crippen molar-refractivity contribution >= 4 is 5.91 Å². The minimum Gasteiger partial charge on any atom is -0.493 e. The predicted octanol–water partition coefficient (Wildman–Crippen LogP) is -0.557. The second-order valence-corrected chi connectivity index (χ2v) is 7.45. The molecule has 3 rings (SSSR count). The quantitative estimate of drug-likeness (QED) is 0.554. The first kappa shape index (κ1) is 21.1. The Balaban J connectivity index is 1.41. The van der Waals surface area contributed by atoms with E-state index >= 15 is 0 Å². The molecule has 3 N–H and O–H groups in total. The van der Waals surface area contributed by atoms with Gasteiger partial charge in [0.25, 0.3) is 5.91 Å². The van der Waals surface area contributed by atoms with E-state index in [2.05, 4.69) is 11.4 Å². The standard InChI is InChI=1S/C22H28FN3O3/c1-28-20-8-5-18(13-21(20)29-2)15-25-9-11-26(12-10-25)16-22(27)24-14-17-3-6-19(23)7-4-17/h3-8,13H,9-12,14-16H2,1-2H3,(H,24,27)/p+2. The number of quaternary nitrogens is 2. The number of benzene rings is 2. The van der Waals surface area contributed by atoms with Crippen LogP contribution in [-0.4, -0.2) is 52.9 Å². The van der Waals surface area contributed by atoms with Crippen LogP contribution < -0.4 is 24.6 Å². The molecule has 1 heterocycles. The number of hydrogen-bond donors (Lipinski definition) is 3. The fourth-order valence-electron chi connectivity index (χ4n) is 3.68. The summed E-state index contributed by atoms with van der Waals surface area (Å²) in [7, 11) is 3.29. The van der Waals surface area contributed by atoms with Gasteiger partial charge in [-0.2, -0.15) is 0 Å². The van der Waals surface area contributed by atoms with E-state index in [1.54, 1.807) is 26.4 Å². The van der Waals surface area contributed by atoms with E-state index in [1.807, 2.05) is 12.1 Å². The molecule has 2 aromatic carbocycles. The van der Waals surface area contributed by atoms with Crippen LogP contribution in [0.1, 0.15) is 11.1 Å². The Morgan fingerprint density at radius 2 is 1.55 bits per heavy atom. The zero-order valence-corrected chi connectivity index (χ0v) is 17.1. The van der Waals surface area contributed by atoms with Crippen LogP contribution in [0.2, 0.25) is 0 Å². The Hall–Kier alpha value is -2.64. The summed E-state index contributed by atoms with van der Waals surface area (Å²) in [6.07, 6.45) is 0. The Morgan fingerprint density at radius 3 is 2.21 bits per heavy atom. The number of hydrogen-bond acceptors (Lipinski definition) is 3. The molecular formula is C22H30FN3O3+2. The molecule has 6 nitrogen and oxygen atoms in total. The third kappa shape index (κ3) is 6.17. The number of rotatable bonds is 8. The van der Waals surface area contributed by atoms with Gasteiger partial charge in [-0.1, -0.05) is 12.1 Å². The van der Waals surface area contributed by atoms with Crippen molar-refractivity contribution < 1.29 is 28.5 Å². The third-order valence-electron chi connectivity index (χ3n) is 5.38. The average Bonchev–Trinajstić information content (AvgIpc) is 2.74. The Labute approximate surface area is 171 Å². The number of methoxy groups -OCH3 is 2. The van der Waals surface area contributed by atoms with Gasteiger partial charge in [0.15, 0.2) is 18.0 Å². The molecule has 1 amide bonds. The number of carbonyl (C=O) groups excluding carboxylic acids is 1. The summed E-state index contributed by atoms with van der Waals surface area (Å²) >= 11 is 0. The molecule has 7 heteroatoms. The van der Waals surface area contributed by atoms with Crippen LogP contribution in [0.5, 0.6) is 11.5 Å². The zero-order chi connectivity index (χ0) is 20.6. The molecule has 0 radical (unpaired) electrons. The van der Waals surface area contributed by atoms with Crippen molar-refractivity contribution in [1.29, 1.82) is 0 Å². The molecule has 1 aliphatic rings. The highest BCUT2D eigenvalue weighted by Crippen LogP contribution is 2.27. The van der Waals surface area contributed by atoms with Crippen LogP contribution in [-0.2, 0) is 17.9 Å². The van der Waals surface area contributed by atoms with Crippen molar-refractivity contribution in [1.82, 2.24) is 5.32 Å². The second kappa shape index (κ2) is 10.2.